The Kier molecular flexibility index (Phi) is 5.10. The molecular formula is C22H21N3O3. The third-order valence-corrected chi connectivity index (χ3v) is 4.47. The number of aromatic nitrogens is 1. The van der Waals surface area contributed by atoms with Crippen LogP contribution < -0.4 is 20.1 Å². The predicted molar refractivity (Wildman–Crippen MR) is 106 cm³/mol. The molecule has 6 nitrogen and oxygen atoms in total. The highest BCUT2D eigenvalue weighted by Crippen LogP contribution is 2.32. The maximum Gasteiger partial charge on any atom is 0.251 e. The Morgan fingerprint density at radius 1 is 1.00 bits per heavy atom. The average molecular weight is 375 g/mol. The molecule has 0 aliphatic carbocycles. The van der Waals surface area contributed by atoms with Crippen molar-refractivity contribution >= 4 is 11.7 Å². The second kappa shape index (κ2) is 8.00. The lowest BCUT2D eigenvalue weighted by Crippen LogP contribution is -2.23. The van der Waals surface area contributed by atoms with Crippen LogP contribution in [-0.4, -0.2) is 17.7 Å². The van der Waals surface area contributed by atoms with E-state index in [4.69, 9.17) is 9.47 Å². The van der Waals surface area contributed by atoms with E-state index < -0.39 is 0 Å². The summed E-state index contributed by atoms with van der Waals surface area (Å²) in [6.45, 7) is 3.36. The summed E-state index contributed by atoms with van der Waals surface area (Å²) in [5.74, 6) is 1.95. The summed E-state index contributed by atoms with van der Waals surface area (Å²) in [4.78, 5) is 16.8. The molecule has 4 rings (SSSR count). The number of aryl methyl sites for hydroxylation is 1. The van der Waals surface area contributed by atoms with Crippen LogP contribution in [0.1, 0.15) is 27.0 Å². The maximum absolute atomic E-state index is 12.5. The molecule has 0 fully saturated rings. The van der Waals surface area contributed by atoms with Crippen molar-refractivity contribution in [1.29, 1.82) is 0 Å². The summed E-state index contributed by atoms with van der Waals surface area (Å²) in [6.07, 6.45) is 1.63. The van der Waals surface area contributed by atoms with Crippen LogP contribution in [0.3, 0.4) is 0 Å². The molecule has 1 aliphatic heterocycles. The summed E-state index contributed by atoms with van der Waals surface area (Å²) in [6, 6.07) is 17.4. The average Bonchev–Trinajstić information content (AvgIpc) is 3.19. The third kappa shape index (κ3) is 4.23. The number of ether oxygens (including phenoxy) is 2. The molecule has 0 saturated carbocycles. The number of hydrogen-bond acceptors (Lipinski definition) is 5. The number of nitrogens with one attached hydrogen (secondary N) is 2. The minimum Gasteiger partial charge on any atom is -0.454 e. The number of carbonyl (C=O) groups excluding carboxylic acids is 1. The van der Waals surface area contributed by atoms with Crippen molar-refractivity contribution in [2.45, 2.75) is 20.0 Å². The Hall–Kier alpha value is -3.54. The number of hydrogen-bond donors (Lipinski definition) is 2. The lowest BCUT2D eigenvalue weighted by molar-refractivity contribution is 0.0950. The number of anilines is 1. The fourth-order valence-electron chi connectivity index (χ4n) is 3.02. The molecule has 0 bridgehead atoms. The Bertz CT molecular complexity index is 1000. The number of amides is 1. The van der Waals surface area contributed by atoms with Gasteiger partial charge in [-0.3, -0.25) is 4.79 Å². The van der Waals surface area contributed by atoms with E-state index in [0.29, 0.717) is 30.2 Å². The van der Waals surface area contributed by atoms with Gasteiger partial charge in [0.1, 0.15) is 5.82 Å². The lowest BCUT2D eigenvalue weighted by Gasteiger charge is -2.09. The van der Waals surface area contributed by atoms with E-state index in [9.17, 15) is 4.79 Å². The molecule has 0 radical (unpaired) electrons. The van der Waals surface area contributed by atoms with Crippen LogP contribution in [0.4, 0.5) is 5.82 Å². The van der Waals surface area contributed by atoms with Gasteiger partial charge in [-0.05, 0) is 42.3 Å². The molecule has 0 spiro atoms. The minimum absolute atomic E-state index is 0.154. The van der Waals surface area contributed by atoms with E-state index in [1.54, 1.807) is 18.3 Å². The minimum atomic E-state index is -0.154. The molecule has 1 aliphatic rings. The second-order valence-corrected chi connectivity index (χ2v) is 6.64. The zero-order valence-electron chi connectivity index (χ0n) is 15.6. The van der Waals surface area contributed by atoms with Gasteiger partial charge in [-0.2, -0.15) is 0 Å². The van der Waals surface area contributed by atoms with Crippen molar-refractivity contribution in [3.63, 3.8) is 0 Å². The first-order valence-corrected chi connectivity index (χ1v) is 9.09. The number of benzene rings is 2. The molecule has 2 N–H and O–H groups in total. The number of carbonyl (C=O) groups is 1. The van der Waals surface area contributed by atoms with E-state index in [-0.39, 0.29) is 12.7 Å². The van der Waals surface area contributed by atoms with Crippen LogP contribution in [0, 0.1) is 6.92 Å². The molecule has 0 saturated heterocycles. The fraction of sp³-hybridized carbons (Fsp3) is 0.182. The maximum atomic E-state index is 12.5. The van der Waals surface area contributed by atoms with Gasteiger partial charge in [-0.15, -0.1) is 0 Å². The van der Waals surface area contributed by atoms with Crippen LogP contribution in [0.25, 0.3) is 0 Å². The first-order chi connectivity index (χ1) is 13.7. The lowest BCUT2D eigenvalue weighted by atomic mass is 10.1. The first kappa shape index (κ1) is 17.9. The molecule has 1 aromatic heterocycles. The van der Waals surface area contributed by atoms with Crippen LogP contribution in [0.15, 0.2) is 60.8 Å². The Balaban J connectivity index is 1.36. The van der Waals surface area contributed by atoms with Crippen LogP contribution in [0.2, 0.25) is 0 Å². The second-order valence-electron chi connectivity index (χ2n) is 6.64. The number of rotatable bonds is 6. The monoisotopic (exact) mass is 375 g/mol. The zero-order chi connectivity index (χ0) is 19.3. The van der Waals surface area contributed by atoms with E-state index in [0.717, 1.165) is 11.3 Å². The molecule has 0 atom stereocenters. The topological polar surface area (TPSA) is 72.5 Å². The highest BCUT2D eigenvalue weighted by Gasteiger charge is 2.14. The van der Waals surface area contributed by atoms with Crippen LogP contribution in [0.5, 0.6) is 11.5 Å². The summed E-state index contributed by atoms with van der Waals surface area (Å²) >= 11 is 0. The fourth-order valence-corrected chi connectivity index (χ4v) is 3.02. The largest absolute Gasteiger partial charge is 0.454 e. The molecular weight excluding hydrogens is 354 g/mol. The van der Waals surface area contributed by atoms with Gasteiger partial charge in [0.15, 0.2) is 11.5 Å². The summed E-state index contributed by atoms with van der Waals surface area (Å²) in [5, 5.41) is 6.19. The summed E-state index contributed by atoms with van der Waals surface area (Å²) in [5.41, 5.74) is 3.88. The van der Waals surface area contributed by atoms with Crippen LogP contribution in [-0.2, 0) is 13.1 Å². The normalized spacial score (nSPS) is 11.9. The van der Waals surface area contributed by atoms with E-state index in [1.165, 1.54) is 11.1 Å². The van der Waals surface area contributed by atoms with Crippen molar-refractivity contribution in [2.24, 2.45) is 0 Å². The van der Waals surface area contributed by atoms with Crippen molar-refractivity contribution in [3.8, 4) is 11.5 Å². The predicted octanol–water partition coefficient (Wildman–Crippen LogP) is 3.66. The van der Waals surface area contributed by atoms with Gasteiger partial charge < -0.3 is 20.1 Å². The van der Waals surface area contributed by atoms with Crippen LogP contribution >= 0.6 is 0 Å². The number of pyridine rings is 1. The van der Waals surface area contributed by atoms with Crippen molar-refractivity contribution < 1.29 is 14.3 Å². The summed E-state index contributed by atoms with van der Waals surface area (Å²) < 4.78 is 10.7. The molecule has 0 unspecified atom stereocenters. The molecule has 1 amide bonds. The number of fused-ring (bicyclic) bond motifs is 1. The molecule has 6 heteroatoms. The van der Waals surface area contributed by atoms with Crippen molar-refractivity contribution in [2.75, 3.05) is 12.1 Å². The van der Waals surface area contributed by atoms with Gasteiger partial charge >= 0.3 is 0 Å². The molecule has 3 aromatic rings. The quantitative estimate of drug-likeness (QED) is 0.688. The van der Waals surface area contributed by atoms with Crippen molar-refractivity contribution in [1.82, 2.24) is 10.3 Å². The molecule has 142 valence electrons. The van der Waals surface area contributed by atoms with E-state index in [1.807, 2.05) is 24.3 Å². The van der Waals surface area contributed by atoms with Gasteiger partial charge in [-0.1, -0.05) is 35.9 Å². The highest BCUT2D eigenvalue weighted by atomic mass is 16.7. The van der Waals surface area contributed by atoms with Gasteiger partial charge in [0.05, 0.1) is 0 Å². The molecule has 2 heterocycles. The first-order valence-electron chi connectivity index (χ1n) is 9.09. The van der Waals surface area contributed by atoms with Gasteiger partial charge in [0, 0.05) is 24.8 Å². The van der Waals surface area contributed by atoms with Gasteiger partial charge in [0.2, 0.25) is 6.79 Å². The number of nitrogens with zero attached hydrogens (tertiary/aromatic N) is 1. The van der Waals surface area contributed by atoms with Gasteiger partial charge in [-0.25, -0.2) is 4.98 Å². The highest BCUT2D eigenvalue weighted by molar-refractivity contribution is 5.94. The Labute approximate surface area is 163 Å². The van der Waals surface area contributed by atoms with E-state index in [2.05, 4.69) is 40.7 Å². The SMILES string of the molecule is Cc1cccc(CNc2cc(C(=O)NCc3ccc4c(c3)OCO4)ccn2)c1. The standard InChI is InChI=1S/C22H21N3O3/c1-15-3-2-4-16(9-15)12-24-21-11-18(7-8-23-21)22(26)25-13-17-5-6-19-20(10-17)28-14-27-19/h2-11H,12-14H2,1H3,(H,23,24)(H,25,26). The third-order valence-electron chi connectivity index (χ3n) is 4.47. The van der Waals surface area contributed by atoms with Gasteiger partial charge in [0.25, 0.3) is 5.91 Å². The van der Waals surface area contributed by atoms with Crippen molar-refractivity contribution in [3.05, 3.63) is 83.0 Å². The van der Waals surface area contributed by atoms with E-state index >= 15 is 0 Å². The Morgan fingerprint density at radius 3 is 2.75 bits per heavy atom. The molecule has 28 heavy (non-hydrogen) atoms. The zero-order valence-corrected chi connectivity index (χ0v) is 15.6. The Morgan fingerprint density at radius 2 is 1.86 bits per heavy atom. The smallest absolute Gasteiger partial charge is 0.251 e. The molecule has 2 aromatic carbocycles. The summed E-state index contributed by atoms with van der Waals surface area (Å²) in [7, 11) is 0.